The number of aromatic nitrogens is 3. The van der Waals surface area contributed by atoms with Gasteiger partial charge < -0.3 is 19.7 Å². The number of amides is 2. The predicted molar refractivity (Wildman–Crippen MR) is 156 cm³/mol. The zero-order chi connectivity index (χ0) is 28.4. The lowest BCUT2D eigenvalue weighted by Crippen LogP contribution is -2.48. The van der Waals surface area contributed by atoms with Crippen molar-refractivity contribution < 1.29 is 14.4 Å². The first kappa shape index (κ1) is 28.4. The Morgan fingerprint density at radius 2 is 1.77 bits per heavy atom. The monoisotopic (exact) mass is 566 g/mol. The van der Waals surface area contributed by atoms with Crippen LogP contribution in [-0.2, 0) is 11.3 Å². The largest absolute Gasteiger partial charge is 0.349 e. The van der Waals surface area contributed by atoms with Crippen molar-refractivity contribution in [3.05, 3.63) is 52.4 Å². The predicted octanol–water partition coefficient (Wildman–Crippen LogP) is 4.47. The van der Waals surface area contributed by atoms with Crippen molar-refractivity contribution in [3.63, 3.8) is 0 Å². The smallest absolute Gasteiger partial charge is 0.253 e. The van der Waals surface area contributed by atoms with Gasteiger partial charge in [-0.2, -0.15) is 5.10 Å². The average Bonchev–Trinajstić information content (AvgIpc) is 3.49. The maximum Gasteiger partial charge on any atom is 0.253 e. The standard InChI is InChI=1S/C30H39ClN6O3/c1-4-5-28(38)25-17-32-37(20(25)2)23-9-7-22(8-10-23)33-30(40)26-18-36(27-11-6-21(31)16-24(26)27)19-29(39)35-14-12-34(3)13-15-35/h6,11,16-18,22-23H,4-5,7-10,12-15,19H2,1-3H3,(H,33,40)/t22-,23-. The van der Waals surface area contributed by atoms with Gasteiger partial charge in [0.25, 0.3) is 5.91 Å². The van der Waals surface area contributed by atoms with Gasteiger partial charge >= 0.3 is 0 Å². The number of likely N-dealkylation sites (N-methyl/N-ethyl adjacent to an activating group) is 1. The van der Waals surface area contributed by atoms with Crippen LogP contribution in [0.2, 0.25) is 5.02 Å². The Hall–Kier alpha value is -3.17. The molecule has 40 heavy (non-hydrogen) atoms. The molecule has 0 bridgehead atoms. The van der Waals surface area contributed by atoms with E-state index in [-0.39, 0.29) is 36.2 Å². The van der Waals surface area contributed by atoms with Crippen LogP contribution in [-0.4, -0.2) is 81.0 Å². The molecule has 1 saturated heterocycles. The number of nitrogens with zero attached hydrogens (tertiary/aromatic N) is 5. The van der Waals surface area contributed by atoms with Crippen molar-refractivity contribution in [2.75, 3.05) is 33.2 Å². The summed E-state index contributed by atoms with van der Waals surface area (Å²) in [6, 6.07) is 5.74. The maximum atomic E-state index is 13.5. The van der Waals surface area contributed by atoms with E-state index < -0.39 is 0 Å². The summed E-state index contributed by atoms with van der Waals surface area (Å²) in [5.41, 5.74) is 3.01. The second kappa shape index (κ2) is 12.1. The molecule has 3 heterocycles. The Labute approximate surface area is 240 Å². The van der Waals surface area contributed by atoms with Gasteiger partial charge in [0.15, 0.2) is 5.78 Å². The number of nitrogens with one attached hydrogen (secondary N) is 1. The van der Waals surface area contributed by atoms with Crippen LogP contribution in [0.5, 0.6) is 0 Å². The summed E-state index contributed by atoms with van der Waals surface area (Å²) < 4.78 is 3.87. The fourth-order valence-electron chi connectivity index (χ4n) is 6.04. The number of rotatable bonds is 8. The van der Waals surface area contributed by atoms with E-state index in [1.54, 1.807) is 24.5 Å². The number of carbonyl (C=O) groups excluding carboxylic acids is 3. The molecule has 2 fully saturated rings. The summed E-state index contributed by atoms with van der Waals surface area (Å²) in [7, 11) is 2.06. The van der Waals surface area contributed by atoms with E-state index in [1.165, 1.54) is 0 Å². The van der Waals surface area contributed by atoms with Crippen LogP contribution in [0, 0.1) is 6.92 Å². The highest BCUT2D eigenvalue weighted by molar-refractivity contribution is 6.31. The van der Waals surface area contributed by atoms with Crippen molar-refractivity contribution in [1.82, 2.24) is 29.5 Å². The van der Waals surface area contributed by atoms with Crippen molar-refractivity contribution in [2.45, 2.75) is 71.0 Å². The fraction of sp³-hybridized carbons (Fsp3) is 0.533. The number of carbonyl (C=O) groups is 3. The maximum absolute atomic E-state index is 13.5. The van der Waals surface area contributed by atoms with Crippen LogP contribution < -0.4 is 5.32 Å². The fourth-order valence-corrected chi connectivity index (χ4v) is 6.21. The average molecular weight is 567 g/mol. The normalized spacial score (nSPS) is 20.1. The third-order valence-corrected chi connectivity index (χ3v) is 8.68. The van der Waals surface area contributed by atoms with Gasteiger partial charge in [0.1, 0.15) is 6.54 Å². The lowest BCUT2D eigenvalue weighted by atomic mass is 9.90. The Morgan fingerprint density at radius 1 is 1.05 bits per heavy atom. The number of ketones is 1. The highest BCUT2D eigenvalue weighted by Gasteiger charge is 2.28. The van der Waals surface area contributed by atoms with Crippen molar-refractivity contribution >= 4 is 40.1 Å². The lowest BCUT2D eigenvalue weighted by Gasteiger charge is -2.32. The summed E-state index contributed by atoms with van der Waals surface area (Å²) in [6.45, 7) is 7.32. The van der Waals surface area contributed by atoms with Gasteiger partial charge in [-0.1, -0.05) is 18.5 Å². The van der Waals surface area contributed by atoms with Gasteiger partial charge in [-0.05, 0) is 64.3 Å². The minimum atomic E-state index is -0.149. The highest BCUT2D eigenvalue weighted by atomic mass is 35.5. The van der Waals surface area contributed by atoms with Gasteiger partial charge in [0.05, 0.1) is 23.4 Å². The molecule has 9 nitrogen and oxygen atoms in total. The van der Waals surface area contributed by atoms with Crippen LogP contribution in [0.3, 0.4) is 0 Å². The molecule has 3 aromatic rings. The number of piperazine rings is 1. The molecule has 1 aliphatic heterocycles. The minimum absolute atomic E-state index is 0.0466. The van der Waals surface area contributed by atoms with Crippen molar-refractivity contribution in [3.8, 4) is 0 Å². The van der Waals surface area contributed by atoms with Crippen molar-refractivity contribution in [1.29, 1.82) is 0 Å². The molecule has 5 rings (SSSR count). The second-order valence-electron chi connectivity index (χ2n) is 11.3. The second-order valence-corrected chi connectivity index (χ2v) is 11.7. The van der Waals surface area contributed by atoms with E-state index in [0.717, 1.165) is 67.4 Å². The zero-order valence-electron chi connectivity index (χ0n) is 23.7. The van der Waals surface area contributed by atoms with E-state index in [1.807, 2.05) is 34.1 Å². The SMILES string of the molecule is CCCC(=O)c1cnn([C@H]2CC[C@H](NC(=O)c3cn(CC(=O)N4CCN(C)CC4)c4ccc(Cl)cc34)CC2)c1C. The van der Waals surface area contributed by atoms with Gasteiger partial charge in [0, 0.05) is 66.5 Å². The van der Waals surface area contributed by atoms with E-state index in [2.05, 4.69) is 22.4 Å². The van der Waals surface area contributed by atoms with Crippen LogP contribution in [0.4, 0.5) is 0 Å². The molecule has 2 aliphatic rings. The number of benzene rings is 1. The number of hydrogen-bond acceptors (Lipinski definition) is 5. The highest BCUT2D eigenvalue weighted by Crippen LogP contribution is 2.31. The van der Waals surface area contributed by atoms with Gasteiger partial charge in [-0.25, -0.2) is 0 Å². The molecule has 10 heteroatoms. The van der Waals surface area contributed by atoms with E-state index in [0.29, 0.717) is 30.1 Å². The molecule has 2 amide bonds. The van der Waals surface area contributed by atoms with Crippen LogP contribution in [0.15, 0.2) is 30.6 Å². The Balaban J connectivity index is 1.25. The Kier molecular flexibility index (Phi) is 8.61. The van der Waals surface area contributed by atoms with Gasteiger partial charge in [-0.15, -0.1) is 0 Å². The number of Topliss-reactive ketones (excluding diaryl/α,β-unsaturated/α-hetero) is 1. The number of hydrogen-bond donors (Lipinski definition) is 1. The van der Waals surface area contributed by atoms with Crippen molar-refractivity contribution in [2.24, 2.45) is 0 Å². The zero-order valence-corrected chi connectivity index (χ0v) is 24.4. The number of halogens is 1. The molecule has 1 N–H and O–H groups in total. The summed E-state index contributed by atoms with van der Waals surface area (Å²) >= 11 is 6.31. The molecule has 2 aromatic heterocycles. The third kappa shape index (κ3) is 5.95. The number of fused-ring (bicyclic) bond motifs is 1. The van der Waals surface area contributed by atoms with Gasteiger partial charge in [0.2, 0.25) is 5.91 Å². The molecule has 0 radical (unpaired) electrons. The Bertz CT molecular complexity index is 1400. The third-order valence-electron chi connectivity index (χ3n) is 8.45. The first-order valence-corrected chi connectivity index (χ1v) is 14.8. The quantitative estimate of drug-likeness (QED) is 0.406. The molecule has 1 saturated carbocycles. The summed E-state index contributed by atoms with van der Waals surface area (Å²) in [5.74, 6) is 0.0552. The molecule has 1 aromatic carbocycles. The lowest BCUT2D eigenvalue weighted by molar-refractivity contribution is -0.133. The van der Waals surface area contributed by atoms with Crippen LogP contribution >= 0.6 is 11.6 Å². The van der Waals surface area contributed by atoms with E-state index in [9.17, 15) is 14.4 Å². The molecule has 0 atom stereocenters. The summed E-state index contributed by atoms with van der Waals surface area (Å²) in [6.07, 6.45) is 8.27. The topological polar surface area (TPSA) is 92.5 Å². The molecule has 0 unspecified atom stereocenters. The molecule has 1 aliphatic carbocycles. The van der Waals surface area contributed by atoms with Gasteiger partial charge in [-0.3, -0.25) is 19.1 Å². The Morgan fingerprint density at radius 3 is 2.48 bits per heavy atom. The molecule has 0 spiro atoms. The first-order chi connectivity index (χ1) is 19.2. The van der Waals surface area contributed by atoms with Crippen LogP contribution in [0.1, 0.15) is 77.9 Å². The first-order valence-electron chi connectivity index (χ1n) is 14.4. The summed E-state index contributed by atoms with van der Waals surface area (Å²) in [5, 5.41) is 9.07. The molecular formula is C30H39ClN6O3. The molecular weight excluding hydrogens is 528 g/mol. The van der Waals surface area contributed by atoms with E-state index in [4.69, 9.17) is 11.6 Å². The van der Waals surface area contributed by atoms with Crippen LogP contribution in [0.25, 0.3) is 10.9 Å². The summed E-state index contributed by atoms with van der Waals surface area (Å²) in [4.78, 5) is 43.1. The van der Waals surface area contributed by atoms with E-state index >= 15 is 0 Å². The minimum Gasteiger partial charge on any atom is -0.349 e. The molecule has 214 valence electrons.